The fraction of sp³-hybridized carbons (Fsp3) is 0.364. The van der Waals surface area contributed by atoms with Crippen LogP contribution >= 0.6 is 0 Å². The van der Waals surface area contributed by atoms with Crippen LogP contribution in [-0.2, 0) is 0 Å². The van der Waals surface area contributed by atoms with E-state index in [1.807, 2.05) is 6.07 Å². The largest absolute Gasteiger partial charge is 0.415 e. The zero-order valence-electron chi connectivity index (χ0n) is 8.88. The highest BCUT2D eigenvalue weighted by molar-refractivity contribution is 5.70. The van der Waals surface area contributed by atoms with Crippen LogP contribution in [0.5, 0.6) is 5.75 Å². The summed E-state index contributed by atoms with van der Waals surface area (Å²) in [6, 6.07) is 8.58. The first-order chi connectivity index (χ1) is 7.15. The summed E-state index contributed by atoms with van der Waals surface area (Å²) < 4.78 is 5.08. The van der Waals surface area contributed by atoms with Crippen LogP contribution in [0.1, 0.15) is 6.92 Å². The quantitative estimate of drug-likeness (QED) is 0.820. The Kier molecular flexibility index (Phi) is 4.12. The third kappa shape index (κ3) is 3.25. The third-order valence-electron chi connectivity index (χ3n) is 2.16. The molecule has 0 saturated carbocycles. The molecule has 4 heteroatoms. The van der Waals surface area contributed by atoms with Crippen LogP contribution in [0.3, 0.4) is 0 Å². The molecular formula is C11H15NO3. The lowest BCUT2D eigenvalue weighted by Crippen LogP contribution is -2.39. The molecule has 0 aromatic heterocycles. The number of amides is 1. The minimum Gasteiger partial charge on any atom is -0.410 e. The molecule has 1 aromatic rings. The van der Waals surface area contributed by atoms with Gasteiger partial charge in [0.05, 0.1) is 12.6 Å². The number of rotatable bonds is 3. The molecular weight excluding hydrogens is 194 g/mol. The van der Waals surface area contributed by atoms with Crippen molar-refractivity contribution in [1.29, 1.82) is 0 Å². The van der Waals surface area contributed by atoms with Crippen molar-refractivity contribution >= 4 is 6.09 Å². The number of benzene rings is 1. The molecule has 1 N–H and O–H groups in total. The van der Waals surface area contributed by atoms with E-state index in [4.69, 9.17) is 9.84 Å². The Hall–Kier alpha value is -1.55. The topological polar surface area (TPSA) is 49.8 Å². The lowest BCUT2D eigenvalue weighted by Gasteiger charge is -2.22. The summed E-state index contributed by atoms with van der Waals surface area (Å²) in [6.45, 7) is 1.66. The molecule has 0 bridgehead atoms. The van der Waals surface area contributed by atoms with E-state index in [1.165, 1.54) is 4.90 Å². The van der Waals surface area contributed by atoms with Gasteiger partial charge in [0.25, 0.3) is 0 Å². The molecule has 1 amide bonds. The summed E-state index contributed by atoms with van der Waals surface area (Å²) >= 11 is 0. The maximum Gasteiger partial charge on any atom is 0.415 e. The van der Waals surface area contributed by atoms with Crippen LogP contribution in [-0.4, -0.2) is 35.8 Å². The van der Waals surface area contributed by atoms with E-state index >= 15 is 0 Å². The zero-order valence-corrected chi connectivity index (χ0v) is 8.88. The normalized spacial score (nSPS) is 11.9. The maximum atomic E-state index is 11.5. The number of nitrogens with zero attached hydrogens (tertiary/aromatic N) is 1. The van der Waals surface area contributed by atoms with Crippen LogP contribution in [0.15, 0.2) is 30.3 Å². The van der Waals surface area contributed by atoms with Gasteiger partial charge in [-0.3, -0.25) is 0 Å². The average molecular weight is 209 g/mol. The number of carbonyl (C=O) groups is 1. The standard InChI is InChI=1S/C11H15NO3/c1-9(8-13)12(2)11(14)15-10-6-4-3-5-7-10/h3-7,9,13H,8H2,1-2H3. The van der Waals surface area contributed by atoms with Gasteiger partial charge in [0.2, 0.25) is 0 Å². The number of likely N-dealkylation sites (N-methyl/N-ethyl adjacent to an activating group) is 1. The van der Waals surface area contributed by atoms with Gasteiger partial charge in [0.1, 0.15) is 5.75 Å². The Morgan fingerprint density at radius 2 is 2.07 bits per heavy atom. The van der Waals surface area contributed by atoms with Gasteiger partial charge in [-0.1, -0.05) is 18.2 Å². The number of ether oxygens (including phenoxy) is 1. The van der Waals surface area contributed by atoms with Crippen LogP contribution in [0.4, 0.5) is 4.79 Å². The van der Waals surface area contributed by atoms with Crippen LogP contribution in [0.25, 0.3) is 0 Å². The van der Waals surface area contributed by atoms with E-state index in [9.17, 15) is 4.79 Å². The van der Waals surface area contributed by atoms with Gasteiger partial charge in [-0.15, -0.1) is 0 Å². The summed E-state index contributed by atoms with van der Waals surface area (Å²) in [7, 11) is 1.59. The van der Waals surface area contributed by atoms with Crippen molar-refractivity contribution in [3.8, 4) is 5.75 Å². The third-order valence-corrected chi connectivity index (χ3v) is 2.16. The van der Waals surface area contributed by atoms with E-state index in [1.54, 1.807) is 38.2 Å². The summed E-state index contributed by atoms with van der Waals surface area (Å²) in [5, 5.41) is 8.87. The zero-order chi connectivity index (χ0) is 11.3. The summed E-state index contributed by atoms with van der Waals surface area (Å²) in [6.07, 6.45) is -0.470. The number of aliphatic hydroxyl groups excluding tert-OH is 1. The highest BCUT2D eigenvalue weighted by Crippen LogP contribution is 2.10. The van der Waals surface area contributed by atoms with Crippen LogP contribution in [0, 0.1) is 0 Å². The highest BCUT2D eigenvalue weighted by atomic mass is 16.6. The predicted molar refractivity (Wildman–Crippen MR) is 56.8 cm³/mol. The van der Waals surface area contributed by atoms with E-state index in [0.717, 1.165) is 0 Å². The number of para-hydroxylation sites is 1. The van der Waals surface area contributed by atoms with Gasteiger partial charge in [-0.2, -0.15) is 0 Å². The number of aliphatic hydroxyl groups is 1. The maximum absolute atomic E-state index is 11.5. The molecule has 1 atom stereocenters. The average Bonchev–Trinajstić information content (AvgIpc) is 2.28. The Balaban J connectivity index is 2.56. The number of carbonyl (C=O) groups excluding carboxylic acids is 1. The Bertz CT molecular complexity index is 313. The fourth-order valence-corrected chi connectivity index (χ4v) is 0.964. The molecule has 1 rings (SSSR count). The van der Waals surface area contributed by atoms with Crippen LogP contribution in [0.2, 0.25) is 0 Å². The lowest BCUT2D eigenvalue weighted by atomic mass is 10.3. The molecule has 0 heterocycles. The first-order valence-electron chi connectivity index (χ1n) is 4.75. The smallest absolute Gasteiger partial charge is 0.410 e. The molecule has 1 aromatic carbocycles. The van der Waals surface area contributed by atoms with E-state index < -0.39 is 6.09 Å². The van der Waals surface area contributed by atoms with Gasteiger partial charge < -0.3 is 14.7 Å². The minimum absolute atomic E-state index is 0.0829. The molecule has 0 aliphatic rings. The summed E-state index contributed by atoms with van der Waals surface area (Å²) in [5.74, 6) is 0.500. The van der Waals surface area contributed by atoms with E-state index in [0.29, 0.717) is 5.75 Å². The van der Waals surface area contributed by atoms with Gasteiger partial charge in [-0.25, -0.2) is 4.79 Å². The molecule has 1 unspecified atom stereocenters. The highest BCUT2D eigenvalue weighted by Gasteiger charge is 2.16. The summed E-state index contributed by atoms with van der Waals surface area (Å²) in [4.78, 5) is 12.9. The molecule has 0 aliphatic carbocycles. The van der Waals surface area contributed by atoms with Crippen molar-refractivity contribution in [3.63, 3.8) is 0 Å². The molecule has 0 fully saturated rings. The molecule has 4 nitrogen and oxygen atoms in total. The van der Waals surface area contributed by atoms with Gasteiger partial charge in [-0.05, 0) is 19.1 Å². The van der Waals surface area contributed by atoms with E-state index in [-0.39, 0.29) is 12.6 Å². The molecule has 0 saturated heterocycles. The first-order valence-corrected chi connectivity index (χ1v) is 4.75. The number of hydrogen-bond acceptors (Lipinski definition) is 3. The second kappa shape index (κ2) is 5.36. The number of hydrogen-bond donors (Lipinski definition) is 1. The van der Waals surface area contributed by atoms with Crippen molar-refractivity contribution in [3.05, 3.63) is 30.3 Å². The second-order valence-corrected chi connectivity index (χ2v) is 3.32. The van der Waals surface area contributed by atoms with Gasteiger partial charge in [0.15, 0.2) is 0 Å². The molecule has 0 radical (unpaired) electrons. The van der Waals surface area contributed by atoms with E-state index in [2.05, 4.69) is 0 Å². The second-order valence-electron chi connectivity index (χ2n) is 3.32. The van der Waals surface area contributed by atoms with Gasteiger partial charge >= 0.3 is 6.09 Å². The van der Waals surface area contributed by atoms with Crippen molar-refractivity contribution in [2.24, 2.45) is 0 Å². The van der Waals surface area contributed by atoms with Crippen molar-refractivity contribution in [1.82, 2.24) is 4.90 Å². The minimum atomic E-state index is -0.470. The van der Waals surface area contributed by atoms with Crippen molar-refractivity contribution in [2.75, 3.05) is 13.7 Å². The first kappa shape index (κ1) is 11.5. The lowest BCUT2D eigenvalue weighted by molar-refractivity contribution is 0.124. The Morgan fingerprint density at radius 3 is 2.60 bits per heavy atom. The van der Waals surface area contributed by atoms with Crippen molar-refractivity contribution in [2.45, 2.75) is 13.0 Å². The van der Waals surface area contributed by atoms with Crippen LogP contribution < -0.4 is 4.74 Å². The van der Waals surface area contributed by atoms with Crippen molar-refractivity contribution < 1.29 is 14.6 Å². The fourth-order valence-electron chi connectivity index (χ4n) is 0.964. The van der Waals surface area contributed by atoms with Gasteiger partial charge in [0, 0.05) is 7.05 Å². The molecule has 15 heavy (non-hydrogen) atoms. The monoisotopic (exact) mass is 209 g/mol. The predicted octanol–water partition coefficient (Wildman–Crippen LogP) is 1.50. The Labute approximate surface area is 89.1 Å². The summed E-state index contributed by atoms with van der Waals surface area (Å²) in [5.41, 5.74) is 0. The molecule has 0 spiro atoms. The SMILES string of the molecule is CC(CO)N(C)C(=O)Oc1ccccc1. The Morgan fingerprint density at radius 1 is 1.47 bits per heavy atom. The molecule has 82 valence electrons. The molecule has 0 aliphatic heterocycles.